The molecule has 0 saturated carbocycles. The summed E-state index contributed by atoms with van der Waals surface area (Å²) in [6.07, 6.45) is -4.68. The summed E-state index contributed by atoms with van der Waals surface area (Å²) in [4.78, 5) is 18.5. The molecule has 3 aromatic heterocycles. The SMILES string of the molecule is Nn1c(SCc2nc3ccsc3c(=O)[nH]2)nnc1C(F)(F)F. The molecule has 0 amide bonds. The molecule has 0 radical (unpaired) electrons. The smallest absolute Gasteiger partial charge is 0.335 e. The van der Waals surface area contributed by atoms with Crippen molar-refractivity contribution in [1.29, 1.82) is 0 Å². The molecule has 0 bridgehead atoms. The van der Waals surface area contributed by atoms with Gasteiger partial charge in [-0.2, -0.15) is 13.2 Å². The van der Waals surface area contributed by atoms with Gasteiger partial charge in [0.2, 0.25) is 5.16 Å². The van der Waals surface area contributed by atoms with Crippen LogP contribution in [0.1, 0.15) is 11.6 Å². The number of halogens is 3. The summed E-state index contributed by atoms with van der Waals surface area (Å²) < 4.78 is 38.5. The second-order valence-electron chi connectivity index (χ2n) is 4.11. The van der Waals surface area contributed by atoms with E-state index in [-0.39, 0.29) is 16.5 Å². The normalized spacial score (nSPS) is 12.1. The lowest BCUT2D eigenvalue weighted by Gasteiger charge is -2.05. The minimum absolute atomic E-state index is 0.105. The van der Waals surface area contributed by atoms with Crippen molar-refractivity contribution in [3.05, 3.63) is 33.4 Å². The first-order chi connectivity index (χ1) is 10.4. The molecule has 12 heteroatoms. The zero-order chi connectivity index (χ0) is 15.9. The van der Waals surface area contributed by atoms with E-state index in [0.717, 1.165) is 11.8 Å². The number of hydrogen-bond donors (Lipinski definition) is 2. The number of hydrogen-bond acceptors (Lipinski definition) is 7. The van der Waals surface area contributed by atoms with Crippen molar-refractivity contribution in [1.82, 2.24) is 24.8 Å². The van der Waals surface area contributed by atoms with E-state index in [9.17, 15) is 18.0 Å². The van der Waals surface area contributed by atoms with Gasteiger partial charge in [-0.05, 0) is 11.4 Å². The molecule has 0 atom stereocenters. The Morgan fingerprint density at radius 3 is 2.86 bits per heavy atom. The van der Waals surface area contributed by atoms with Crippen LogP contribution < -0.4 is 11.4 Å². The van der Waals surface area contributed by atoms with Gasteiger partial charge in [0.1, 0.15) is 10.5 Å². The van der Waals surface area contributed by atoms with Gasteiger partial charge in [-0.15, -0.1) is 21.5 Å². The largest absolute Gasteiger partial charge is 0.453 e. The number of H-pyrrole nitrogens is 1. The summed E-state index contributed by atoms with van der Waals surface area (Å²) in [6, 6.07) is 1.69. The molecule has 0 saturated heterocycles. The number of alkyl halides is 3. The van der Waals surface area contributed by atoms with Crippen molar-refractivity contribution in [2.75, 3.05) is 5.84 Å². The van der Waals surface area contributed by atoms with Crippen LogP contribution in [0.25, 0.3) is 10.2 Å². The Hall–Kier alpha value is -2.08. The molecule has 3 heterocycles. The lowest BCUT2D eigenvalue weighted by Crippen LogP contribution is -2.21. The molecule has 7 nitrogen and oxygen atoms in total. The molecule has 0 unspecified atom stereocenters. The van der Waals surface area contributed by atoms with E-state index < -0.39 is 12.0 Å². The van der Waals surface area contributed by atoms with Crippen molar-refractivity contribution >= 4 is 33.3 Å². The van der Waals surface area contributed by atoms with Crippen molar-refractivity contribution in [2.45, 2.75) is 17.1 Å². The van der Waals surface area contributed by atoms with Gasteiger partial charge in [0, 0.05) is 0 Å². The molecule has 0 fully saturated rings. The first-order valence-corrected chi connectivity index (χ1v) is 7.59. The van der Waals surface area contributed by atoms with Gasteiger partial charge < -0.3 is 10.8 Å². The molecule has 3 aromatic rings. The number of thioether (sulfide) groups is 1. The standard InChI is InChI=1S/C10H7F3N6OS2/c11-10(12,13)8-17-18-9(19(8)14)22-3-5-15-4-1-2-21-6(4)7(20)16-5/h1-2H,3,14H2,(H,15,16,20). The molecule has 0 aliphatic carbocycles. The minimum Gasteiger partial charge on any atom is -0.335 e. The summed E-state index contributed by atoms with van der Waals surface area (Å²) in [5.74, 6) is 4.45. The number of aromatic amines is 1. The first kappa shape index (κ1) is 14.8. The summed E-state index contributed by atoms with van der Waals surface area (Å²) in [5.41, 5.74) is 0.246. The summed E-state index contributed by atoms with van der Waals surface area (Å²) in [5, 5.41) is 8.00. The lowest BCUT2D eigenvalue weighted by atomic mass is 10.4. The molecular weight excluding hydrogens is 341 g/mol. The van der Waals surface area contributed by atoms with Crippen molar-refractivity contribution in [2.24, 2.45) is 0 Å². The Morgan fingerprint density at radius 1 is 1.41 bits per heavy atom. The number of nitrogens with one attached hydrogen (secondary N) is 1. The number of aromatic nitrogens is 5. The third-order valence-electron chi connectivity index (χ3n) is 2.62. The maximum Gasteiger partial charge on any atom is 0.453 e. The fourth-order valence-corrected chi connectivity index (χ4v) is 3.14. The minimum atomic E-state index is -4.68. The fourth-order valence-electron chi connectivity index (χ4n) is 1.69. The first-order valence-electron chi connectivity index (χ1n) is 5.73. The predicted molar refractivity (Wildman–Crippen MR) is 75.0 cm³/mol. The van der Waals surface area contributed by atoms with Crippen molar-refractivity contribution in [3.8, 4) is 0 Å². The third-order valence-corrected chi connectivity index (χ3v) is 4.48. The van der Waals surface area contributed by atoms with Crippen LogP contribution in [-0.2, 0) is 11.9 Å². The Morgan fingerprint density at radius 2 is 2.18 bits per heavy atom. The number of fused-ring (bicyclic) bond motifs is 1. The Kier molecular flexibility index (Phi) is 3.56. The second kappa shape index (κ2) is 5.28. The van der Waals surface area contributed by atoms with E-state index in [1.54, 1.807) is 11.4 Å². The quantitative estimate of drug-likeness (QED) is 0.551. The van der Waals surface area contributed by atoms with Crippen LogP contribution in [-0.4, -0.2) is 24.8 Å². The van der Waals surface area contributed by atoms with Gasteiger partial charge in [0.25, 0.3) is 11.4 Å². The van der Waals surface area contributed by atoms with Crippen LogP contribution in [0.15, 0.2) is 21.4 Å². The number of rotatable bonds is 3. The third kappa shape index (κ3) is 2.66. The van der Waals surface area contributed by atoms with E-state index in [1.165, 1.54) is 11.3 Å². The van der Waals surface area contributed by atoms with Crippen LogP contribution in [0.3, 0.4) is 0 Å². The Balaban J connectivity index is 1.82. The van der Waals surface area contributed by atoms with Gasteiger partial charge >= 0.3 is 6.18 Å². The molecule has 3 rings (SSSR count). The van der Waals surface area contributed by atoms with Gasteiger partial charge in [0.05, 0.1) is 11.3 Å². The van der Waals surface area contributed by atoms with E-state index in [2.05, 4.69) is 20.2 Å². The highest BCUT2D eigenvalue weighted by molar-refractivity contribution is 7.98. The average molecular weight is 348 g/mol. The maximum absolute atomic E-state index is 12.5. The van der Waals surface area contributed by atoms with E-state index in [0.29, 0.717) is 20.7 Å². The van der Waals surface area contributed by atoms with E-state index in [4.69, 9.17) is 5.84 Å². The van der Waals surface area contributed by atoms with Gasteiger partial charge in [-0.25, -0.2) is 9.66 Å². The molecule has 0 aliphatic heterocycles. The van der Waals surface area contributed by atoms with E-state index >= 15 is 0 Å². The van der Waals surface area contributed by atoms with Gasteiger partial charge in [-0.3, -0.25) is 4.79 Å². The zero-order valence-electron chi connectivity index (χ0n) is 10.6. The highest BCUT2D eigenvalue weighted by Crippen LogP contribution is 2.29. The van der Waals surface area contributed by atoms with E-state index in [1.807, 2.05) is 0 Å². The number of nitrogen functional groups attached to an aromatic ring is 1. The Labute approximate surface area is 128 Å². The molecule has 3 N–H and O–H groups in total. The van der Waals surface area contributed by atoms with Gasteiger partial charge in [0.15, 0.2) is 0 Å². The highest BCUT2D eigenvalue weighted by Gasteiger charge is 2.38. The van der Waals surface area contributed by atoms with Crippen molar-refractivity contribution in [3.63, 3.8) is 0 Å². The monoisotopic (exact) mass is 348 g/mol. The Bertz CT molecular complexity index is 883. The molecule has 22 heavy (non-hydrogen) atoms. The summed E-state index contributed by atoms with van der Waals surface area (Å²) in [6.45, 7) is 0. The summed E-state index contributed by atoms with van der Waals surface area (Å²) in [7, 11) is 0. The average Bonchev–Trinajstić information content (AvgIpc) is 3.02. The van der Waals surface area contributed by atoms with Crippen LogP contribution in [0.4, 0.5) is 13.2 Å². The number of nitrogens with zero attached hydrogens (tertiary/aromatic N) is 4. The van der Waals surface area contributed by atoms with Crippen molar-refractivity contribution < 1.29 is 13.2 Å². The molecule has 0 aliphatic rings. The molecular formula is C10H7F3N6OS2. The van der Waals surface area contributed by atoms with Crippen LogP contribution in [0.5, 0.6) is 0 Å². The molecule has 116 valence electrons. The zero-order valence-corrected chi connectivity index (χ0v) is 12.2. The number of nitrogens with two attached hydrogens (primary N) is 1. The lowest BCUT2D eigenvalue weighted by molar-refractivity contribution is -0.146. The van der Waals surface area contributed by atoms with Crippen LogP contribution in [0, 0.1) is 0 Å². The molecule has 0 aromatic carbocycles. The molecule has 0 spiro atoms. The predicted octanol–water partition coefficient (Wildman–Crippen LogP) is 1.60. The van der Waals surface area contributed by atoms with Crippen LogP contribution in [0.2, 0.25) is 0 Å². The fraction of sp³-hybridized carbons (Fsp3) is 0.200. The van der Waals surface area contributed by atoms with Crippen LogP contribution >= 0.6 is 23.1 Å². The number of thiophene rings is 1. The highest BCUT2D eigenvalue weighted by atomic mass is 32.2. The summed E-state index contributed by atoms with van der Waals surface area (Å²) >= 11 is 2.15. The second-order valence-corrected chi connectivity index (χ2v) is 5.97. The topological polar surface area (TPSA) is 102 Å². The maximum atomic E-state index is 12.5. The van der Waals surface area contributed by atoms with Gasteiger partial charge in [-0.1, -0.05) is 11.8 Å².